The fourth-order valence-corrected chi connectivity index (χ4v) is 3.23. The maximum atomic E-state index is 11.0. The van der Waals surface area contributed by atoms with Crippen molar-refractivity contribution in [1.82, 2.24) is 0 Å². The number of halogens is 1. The monoisotopic (exact) mass is 299 g/mol. The summed E-state index contributed by atoms with van der Waals surface area (Å²) in [4.78, 5) is 12.4. The maximum Gasteiger partial charge on any atom is 0.283 e. The van der Waals surface area contributed by atoms with Crippen LogP contribution in [0.4, 0.5) is 5.69 Å². The van der Waals surface area contributed by atoms with Gasteiger partial charge in [-0.15, -0.1) is 0 Å². The number of benzene rings is 1. The van der Waals surface area contributed by atoms with Crippen molar-refractivity contribution in [1.29, 1.82) is 0 Å². The van der Waals surface area contributed by atoms with Crippen LogP contribution in [0, 0.1) is 10.1 Å². The summed E-state index contributed by atoms with van der Waals surface area (Å²) in [5.41, 5.74) is 0.141. The third-order valence-corrected chi connectivity index (χ3v) is 4.34. The van der Waals surface area contributed by atoms with Crippen molar-refractivity contribution in [2.45, 2.75) is 44.4 Å². The first-order valence-electron chi connectivity index (χ1n) is 6.38. The number of hydrogen-bond donors (Lipinski definition) is 0. The highest BCUT2D eigenvalue weighted by atomic mass is 35.5. The zero-order valence-corrected chi connectivity index (χ0v) is 12.8. The van der Waals surface area contributed by atoms with Crippen molar-refractivity contribution in [3.63, 3.8) is 0 Å². The number of nitrogens with zero attached hydrogens (tertiary/aromatic N) is 1. The summed E-state index contributed by atoms with van der Waals surface area (Å²) in [6, 6.07) is 6.79. The highest BCUT2D eigenvalue weighted by Gasteiger charge is 2.15. The number of nitro benzene ring substituents is 1. The van der Waals surface area contributed by atoms with Gasteiger partial charge in [0.1, 0.15) is 0 Å². The summed E-state index contributed by atoms with van der Waals surface area (Å²) >= 11 is 7.72. The second-order valence-corrected chi connectivity index (χ2v) is 5.75. The molecule has 0 N–H and O–H groups in total. The molecule has 0 saturated carbocycles. The smallest absolute Gasteiger partial charge is 0.258 e. The van der Waals surface area contributed by atoms with Crippen LogP contribution in [0.5, 0.6) is 0 Å². The van der Waals surface area contributed by atoms with Gasteiger partial charge in [0.15, 0.2) is 0 Å². The van der Waals surface area contributed by atoms with Crippen LogP contribution in [0.1, 0.15) is 39.5 Å². The minimum absolute atomic E-state index is 0.141. The molecule has 0 amide bonds. The Hall–Kier alpha value is -1.00. The lowest BCUT2D eigenvalue weighted by molar-refractivity contribution is -0.387. The molecule has 0 fully saturated rings. The van der Waals surface area contributed by atoms with E-state index in [2.05, 4.69) is 13.8 Å². The molecule has 19 heavy (non-hydrogen) atoms. The quantitative estimate of drug-likeness (QED) is 0.366. The first-order valence-corrected chi connectivity index (χ1v) is 7.58. The van der Waals surface area contributed by atoms with E-state index in [1.807, 2.05) is 6.07 Å². The molecule has 0 radical (unpaired) electrons. The SMILES string of the molecule is CCC/C(Cl)=C(/CCC)Sc1ccccc1[N+](=O)[O-]. The van der Waals surface area contributed by atoms with Gasteiger partial charge in [-0.05, 0) is 18.9 Å². The van der Waals surface area contributed by atoms with Crippen molar-refractivity contribution in [2.24, 2.45) is 0 Å². The lowest BCUT2D eigenvalue weighted by atomic mass is 10.2. The number of nitro groups is 1. The van der Waals surface area contributed by atoms with Crippen LogP contribution < -0.4 is 0 Å². The largest absolute Gasteiger partial charge is 0.283 e. The van der Waals surface area contributed by atoms with Crippen LogP contribution in [0.25, 0.3) is 0 Å². The predicted octanol–water partition coefficient (Wildman–Crippen LogP) is 5.74. The molecule has 5 heteroatoms. The van der Waals surface area contributed by atoms with E-state index in [0.717, 1.165) is 35.6 Å². The molecule has 0 aromatic heterocycles. The Morgan fingerprint density at radius 3 is 2.47 bits per heavy atom. The summed E-state index contributed by atoms with van der Waals surface area (Å²) < 4.78 is 0. The van der Waals surface area contributed by atoms with Crippen LogP contribution in [0.2, 0.25) is 0 Å². The van der Waals surface area contributed by atoms with E-state index in [1.165, 1.54) is 17.8 Å². The molecule has 0 saturated heterocycles. The summed E-state index contributed by atoms with van der Waals surface area (Å²) in [7, 11) is 0. The Labute approximate surface area is 123 Å². The Bertz CT molecular complexity index is 474. The van der Waals surface area contributed by atoms with Crippen molar-refractivity contribution in [2.75, 3.05) is 0 Å². The number of rotatable bonds is 7. The van der Waals surface area contributed by atoms with E-state index in [0.29, 0.717) is 4.90 Å². The molecule has 1 rings (SSSR count). The Morgan fingerprint density at radius 1 is 1.26 bits per heavy atom. The lowest BCUT2D eigenvalue weighted by Gasteiger charge is -2.09. The van der Waals surface area contributed by atoms with Crippen LogP contribution in [-0.4, -0.2) is 4.92 Å². The molecular formula is C14H18ClNO2S. The summed E-state index contributed by atoms with van der Waals surface area (Å²) in [6.45, 7) is 4.15. The lowest BCUT2D eigenvalue weighted by Crippen LogP contribution is -1.91. The number of thioether (sulfide) groups is 1. The molecule has 0 spiro atoms. The van der Waals surface area contributed by atoms with Gasteiger partial charge in [0.05, 0.1) is 9.82 Å². The van der Waals surface area contributed by atoms with Gasteiger partial charge >= 0.3 is 0 Å². The topological polar surface area (TPSA) is 43.1 Å². The third-order valence-electron chi connectivity index (χ3n) is 2.54. The minimum atomic E-state index is -0.348. The van der Waals surface area contributed by atoms with E-state index in [9.17, 15) is 10.1 Å². The maximum absolute atomic E-state index is 11.0. The van der Waals surface area contributed by atoms with E-state index in [-0.39, 0.29) is 10.6 Å². The molecule has 0 atom stereocenters. The molecule has 0 aliphatic carbocycles. The normalized spacial score (nSPS) is 12.2. The minimum Gasteiger partial charge on any atom is -0.258 e. The first kappa shape index (κ1) is 16.1. The van der Waals surface area contributed by atoms with Crippen molar-refractivity contribution >= 4 is 29.1 Å². The Kier molecular flexibility index (Phi) is 6.95. The van der Waals surface area contributed by atoms with Crippen LogP contribution >= 0.6 is 23.4 Å². The van der Waals surface area contributed by atoms with Crippen molar-refractivity contribution in [3.8, 4) is 0 Å². The highest BCUT2D eigenvalue weighted by molar-refractivity contribution is 8.03. The zero-order valence-electron chi connectivity index (χ0n) is 11.2. The zero-order chi connectivity index (χ0) is 14.3. The summed E-state index contributed by atoms with van der Waals surface area (Å²) in [5.74, 6) is 0. The molecule has 1 aromatic carbocycles. The van der Waals surface area contributed by atoms with Crippen molar-refractivity contribution in [3.05, 3.63) is 44.3 Å². The van der Waals surface area contributed by atoms with Crippen LogP contribution in [0.15, 0.2) is 39.1 Å². The first-order chi connectivity index (χ1) is 9.10. The fraction of sp³-hybridized carbons (Fsp3) is 0.429. The second kappa shape index (κ2) is 8.23. The van der Waals surface area contributed by atoms with Gasteiger partial charge in [0.2, 0.25) is 0 Å². The second-order valence-electron chi connectivity index (χ2n) is 4.15. The van der Waals surface area contributed by atoms with Gasteiger partial charge in [0, 0.05) is 16.0 Å². The van der Waals surface area contributed by atoms with Gasteiger partial charge in [-0.1, -0.05) is 62.2 Å². The fourth-order valence-electron chi connectivity index (χ4n) is 1.66. The average Bonchev–Trinajstić information content (AvgIpc) is 2.39. The Morgan fingerprint density at radius 2 is 1.89 bits per heavy atom. The molecular weight excluding hydrogens is 282 g/mol. The van der Waals surface area contributed by atoms with E-state index >= 15 is 0 Å². The van der Waals surface area contributed by atoms with E-state index in [1.54, 1.807) is 12.1 Å². The molecule has 3 nitrogen and oxygen atoms in total. The molecule has 0 bridgehead atoms. The van der Waals surface area contributed by atoms with Gasteiger partial charge in [0.25, 0.3) is 5.69 Å². The molecule has 104 valence electrons. The van der Waals surface area contributed by atoms with Gasteiger partial charge in [-0.3, -0.25) is 10.1 Å². The molecule has 1 aromatic rings. The predicted molar refractivity (Wildman–Crippen MR) is 81.6 cm³/mol. The third kappa shape index (κ3) is 4.88. The van der Waals surface area contributed by atoms with E-state index in [4.69, 9.17) is 11.6 Å². The summed E-state index contributed by atoms with van der Waals surface area (Å²) in [5, 5.41) is 11.8. The van der Waals surface area contributed by atoms with Gasteiger partial charge < -0.3 is 0 Å². The standard InChI is InChI=1S/C14H18ClNO2S/c1-3-7-11(15)13(8-4-2)19-14-10-6-5-9-12(14)16(17)18/h5-6,9-10H,3-4,7-8H2,1-2H3/b13-11+. The number of para-hydroxylation sites is 1. The van der Waals surface area contributed by atoms with Crippen LogP contribution in [0.3, 0.4) is 0 Å². The van der Waals surface area contributed by atoms with Gasteiger partial charge in [-0.2, -0.15) is 0 Å². The number of hydrogen-bond acceptors (Lipinski definition) is 3. The van der Waals surface area contributed by atoms with Crippen LogP contribution in [-0.2, 0) is 0 Å². The van der Waals surface area contributed by atoms with Gasteiger partial charge in [-0.25, -0.2) is 0 Å². The molecule has 0 heterocycles. The molecule has 0 unspecified atom stereocenters. The average molecular weight is 300 g/mol. The highest BCUT2D eigenvalue weighted by Crippen LogP contribution is 2.39. The summed E-state index contributed by atoms with van der Waals surface area (Å²) in [6.07, 6.45) is 3.63. The molecule has 0 aliphatic heterocycles. The van der Waals surface area contributed by atoms with E-state index < -0.39 is 0 Å². The number of allylic oxidation sites excluding steroid dienone is 2. The van der Waals surface area contributed by atoms with Crippen molar-refractivity contribution < 1.29 is 4.92 Å². The Balaban J connectivity index is 3.03. The molecule has 0 aliphatic rings.